The number of ether oxygens (including phenoxy) is 1. The van der Waals surface area contributed by atoms with Crippen LogP contribution in [0, 0.1) is 6.92 Å². The van der Waals surface area contributed by atoms with Gasteiger partial charge in [0, 0.05) is 23.0 Å². The third-order valence-electron chi connectivity index (χ3n) is 4.67. The summed E-state index contributed by atoms with van der Waals surface area (Å²) < 4.78 is 5.30. The van der Waals surface area contributed by atoms with Gasteiger partial charge in [0.2, 0.25) is 0 Å². The summed E-state index contributed by atoms with van der Waals surface area (Å²) in [5.74, 6) is -0.843. The number of aryl methyl sites for hydroxylation is 1. The number of nitrogens with zero attached hydrogens (tertiary/aromatic N) is 1. The van der Waals surface area contributed by atoms with Gasteiger partial charge in [-0.05, 0) is 51.0 Å². The number of amides is 1. The van der Waals surface area contributed by atoms with Crippen LogP contribution >= 0.6 is 11.3 Å². The molecule has 5 nitrogen and oxygen atoms in total. The molecule has 6 heteroatoms. The smallest absolute Gasteiger partial charge is 0.307 e. The summed E-state index contributed by atoms with van der Waals surface area (Å²) in [4.78, 5) is 40.4. The summed E-state index contributed by atoms with van der Waals surface area (Å²) in [6, 6.07) is 11.4. The fourth-order valence-electron chi connectivity index (χ4n) is 3.33. The maximum atomic E-state index is 12.8. The van der Waals surface area contributed by atoms with Crippen molar-refractivity contribution in [3.63, 3.8) is 0 Å². The van der Waals surface area contributed by atoms with Gasteiger partial charge < -0.3 is 9.64 Å². The molecular weight excluding hydrogens is 362 g/mol. The van der Waals surface area contributed by atoms with E-state index in [1.165, 1.54) is 11.3 Å². The van der Waals surface area contributed by atoms with Gasteiger partial charge >= 0.3 is 5.97 Å². The van der Waals surface area contributed by atoms with Gasteiger partial charge in [0.1, 0.15) is 0 Å². The van der Waals surface area contributed by atoms with Crippen LogP contribution in [0.4, 0.5) is 5.69 Å². The minimum absolute atomic E-state index is 0.0275. The standard InChI is InChI=1S/C21H23NO4S/c1-13-12-16-6-4-5-7-17(16)22(13)21(25)15(3)26-20(24)11-9-18(23)19-10-8-14(2)27-19/h4-8,10,13,15H,9,11-12H2,1-3H3/t13-,15+/m0/s1. The van der Waals surface area contributed by atoms with E-state index in [-0.39, 0.29) is 30.6 Å². The molecule has 0 bridgehead atoms. The van der Waals surface area contributed by atoms with Crippen LogP contribution in [0.15, 0.2) is 36.4 Å². The van der Waals surface area contributed by atoms with Crippen LogP contribution in [0.2, 0.25) is 0 Å². The third-order valence-corrected chi connectivity index (χ3v) is 5.71. The molecule has 1 aliphatic rings. The fraction of sp³-hybridized carbons (Fsp3) is 0.381. The minimum atomic E-state index is -0.884. The number of hydrogen-bond acceptors (Lipinski definition) is 5. The lowest BCUT2D eigenvalue weighted by Crippen LogP contribution is -2.43. The molecule has 0 spiro atoms. The zero-order valence-electron chi connectivity index (χ0n) is 15.7. The van der Waals surface area contributed by atoms with E-state index in [0.717, 1.165) is 22.5 Å². The lowest BCUT2D eigenvalue weighted by atomic mass is 10.1. The highest BCUT2D eigenvalue weighted by atomic mass is 32.1. The molecule has 142 valence electrons. The molecule has 0 fully saturated rings. The average molecular weight is 385 g/mol. The predicted octanol–water partition coefficient (Wildman–Crippen LogP) is 3.93. The number of fused-ring (bicyclic) bond motifs is 1. The van der Waals surface area contributed by atoms with Crippen LogP contribution in [0.25, 0.3) is 0 Å². The molecule has 1 aromatic carbocycles. The zero-order chi connectivity index (χ0) is 19.6. The van der Waals surface area contributed by atoms with Crippen LogP contribution in [0.3, 0.4) is 0 Å². The topological polar surface area (TPSA) is 63.7 Å². The molecule has 3 rings (SSSR count). The maximum Gasteiger partial charge on any atom is 0.307 e. The molecule has 0 radical (unpaired) electrons. The van der Waals surface area contributed by atoms with Gasteiger partial charge in [0.25, 0.3) is 5.91 Å². The Morgan fingerprint density at radius 3 is 2.63 bits per heavy atom. The molecule has 0 N–H and O–H groups in total. The molecule has 2 aromatic rings. The minimum Gasteiger partial charge on any atom is -0.453 e. The fourth-order valence-corrected chi connectivity index (χ4v) is 4.16. The number of thiophene rings is 1. The van der Waals surface area contributed by atoms with Crippen molar-refractivity contribution in [3.8, 4) is 0 Å². The first-order valence-electron chi connectivity index (χ1n) is 9.07. The number of para-hydroxylation sites is 1. The third kappa shape index (κ3) is 4.27. The highest BCUT2D eigenvalue weighted by Gasteiger charge is 2.34. The number of carbonyl (C=O) groups is 3. The normalized spacial score (nSPS) is 16.7. The van der Waals surface area contributed by atoms with Crippen molar-refractivity contribution in [2.45, 2.75) is 52.2 Å². The molecule has 27 heavy (non-hydrogen) atoms. The first-order valence-corrected chi connectivity index (χ1v) is 9.88. The number of Topliss-reactive ketones (excluding diaryl/α,β-unsaturated/α-hetero) is 1. The summed E-state index contributed by atoms with van der Waals surface area (Å²) >= 11 is 1.41. The summed E-state index contributed by atoms with van der Waals surface area (Å²) in [7, 11) is 0. The SMILES string of the molecule is Cc1ccc(C(=O)CCC(=O)O[C@H](C)C(=O)N2c3ccccc3C[C@@H]2C)s1. The van der Waals surface area contributed by atoms with Gasteiger partial charge in [-0.25, -0.2) is 0 Å². The maximum absolute atomic E-state index is 12.8. The molecule has 1 amide bonds. The summed E-state index contributed by atoms with van der Waals surface area (Å²) in [6.45, 7) is 5.49. The van der Waals surface area contributed by atoms with Gasteiger partial charge in [-0.2, -0.15) is 0 Å². The Morgan fingerprint density at radius 2 is 1.93 bits per heavy atom. The molecule has 0 saturated carbocycles. The van der Waals surface area contributed by atoms with Crippen LogP contribution in [-0.4, -0.2) is 29.8 Å². The van der Waals surface area contributed by atoms with Crippen molar-refractivity contribution in [1.29, 1.82) is 0 Å². The van der Waals surface area contributed by atoms with Crippen molar-refractivity contribution in [3.05, 3.63) is 51.7 Å². The zero-order valence-corrected chi connectivity index (χ0v) is 16.5. The second-order valence-electron chi connectivity index (χ2n) is 6.86. The van der Waals surface area contributed by atoms with Crippen molar-refractivity contribution in [2.24, 2.45) is 0 Å². The largest absolute Gasteiger partial charge is 0.453 e. The number of ketones is 1. The van der Waals surface area contributed by atoms with Crippen molar-refractivity contribution >= 4 is 34.7 Å². The van der Waals surface area contributed by atoms with E-state index in [9.17, 15) is 14.4 Å². The van der Waals surface area contributed by atoms with Crippen LogP contribution in [0.5, 0.6) is 0 Å². The van der Waals surface area contributed by atoms with Crippen molar-refractivity contribution < 1.29 is 19.1 Å². The average Bonchev–Trinajstić information content (AvgIpc) is 3.21. The number of hydrogen-bond donors (Lipinski definition) is 0. The Hall–Kier alpha value is -2.47. The van der Waals surface area contributed by atoms with E-state index < -0.39 is 12.1 Å². The van der Waals surface area contributed by atoms with E-state index in [0.29, 0.717) is 4.88 Å². The highest BCUT2D eigenvalue weighted by molar-refractivity contribution is 7.14. The number of esters is 1. The molecule has 1 aliphatic heterocycles. The van der Waals surface area contributed by atoms with Gasteiger partial charge in [0.15, 0.2) is 11.9 Å². The van der Waals surface area contributed by atoms with E-state index in [1.807, 2.05) is 44.2 Å². The van der Waals surface area contributed by atoms with Crippen molar-refractivity contribution in [1.82, 2.24) is 0 Å². The van der Waals surface area contributed by atoms with Gasteiger partial charge in [-0.15, -0.1) is 11.3 Å². The molecule has 0 saturated heterocycles. The summed E-state index contributed by atoms with van der Waals surface area (Å²) in [5.41, 5.74) is 2.00. The Bertz CT molecular complexity index is 873. The van der Waals surface area contributed by atoms with Crippen molar-refractivity contribution in [2.75, 3.05) is 4.90 Å². The Balaban J connectivity index is 1.55. The second kappa shape index (κ2) is 8.05. The first kappa shape index (κ1) is 19.3. The Morgan fingerprint density at radius 1 is 1.19 bits per heavy atom. The van der Waals surface area contributed by atoms with E-state index >= 15 is 0 Å². The highest BCUT2D eigenvalue weighted by Crippen LogP contribution is 2.32. The van der Waals surface area contributed by atoms with E-state index in [4.69, 9.17) is 4.74 Å². The first-order chi connectivity index (χ1) is 12.9. The molecule has 2 heterocycles. The molecular formula is C21H23NO4S. The molecule has 2 atom stereocenters. The van der Waals surface area contributed by atoms with E-state index in [2.05, 4.69) is 0 Å². The van der Waals surface area contributed by atoms with Gasteiger partial charge in [-0.3, -0.25) is 14.4 Å². The lowest BCUT2D eigenvalue weighted by molar-refractivity contribution is -0.153. The lowest BCUT2D eigenvalue weighted by Gasteiger charge is -2.25. The van der Waals surface area contributed by atoms with Crippen LogP contribution in [0.1, 0.15) is 46.8 Å². The van der Waals surface area contributed by atoms with E-state index in [1.54, 1.807) is 17.9 Å². The Labute approximate surface area is 162 Å². The number of carbonyl (C=O) groups excluding carboxylic acids is 3. The van der Waals surface area contributed by atoms with Crippen LogP contribution < -0.4 is 4.90 Å². The number of anilines is 1. The summed E-state index contributed by atoms with van der Waals surface area (Å²) in [6.07, 6.45) is -0.0374. The molecule has 1 aromatic heterocycles. The number of rotatable bonds is 6. The monoisotopic (exact) mass is 385 g/mol. The summed E-state index contributed by atoms with van der Waals surface area (Å²) in [5, 5.41) is 0. The molecule has 0 aliphatic carbocycles. The molecule has 0 unspecified atom stereocenters. The second-order valence-corrected chi connectivity index (χ2v) is 8.14. The van der Waals surface area contributed by atoms with Crippen LogP contribution in [-0.2, 0) is 20.7 Å². The van der Waals surface area contributed by atoms with Gasteiger partial charge in [0.05, 0.1) is 11.3 Å². The predicted molar refractivity (Wildman–Crippen MR) is 105 cm³/mol. The number of benzene rings is 1. The van der Waals surface area contributed by atoms with Gasteiger partial charge in [-0.1, -0.05) is 18.2 Å². The Kier molecular flexibility index (Phi) is 5.75. The quantitative estimate of drug-likeness (QED) is 0.558.